The van der Waals surface area contributed by atoms with Crippen LogP contribution >= 0.6 is 27.5 Å². The van der Waals surface area contributed by atoms with Crippen LogP contribution in [0.2, 0.25) is 5.02 Å². The van der Waals surface area contributed by atoms with Crippen LogP contribution in [-0.4, -0.2) is 21.7 Å². The number of benzene rings is 2. The minimum Gasteiger partial charge on any atom is -0.347 e. The first-order chi connectivity index (χ1) is 16.6. The van der Waals surface area contributed by atoms with Gasteiger partial charge in [0.15, 0.2) is 5.69 Å². The molecule has 3 unspecified atom stereocenters. The Morgan fingerprint density at radius 2 is 1.91 bits per heavy atom. The van der Waals surface area contributed by atoms with E-state index in [-0.39, 0.29) is 22.8 Å². The van der Waals surface area contributed by atoms with Crippen LogP contribution in [0.5, 0.6) is 0 Å². The maximum absolute atomic E-state index is 13.6. The molecule has 3 atom stereocenters. The summed E-state index contributed by atoms with van der Waals surface area (Å²) in [5.41, 5.74) is 6.00. The second-order valence-electron chi connectivity index (χ2n) is 11.3. The van der Waals surface area contributed by atoms with Crippen molar-refractivity contribution in [2.24, 2.45) is 16.7 Å². The van der Waals surface area contributed by atoms with Crippen LogP contribution in [-0.2, 0) is 11.9 Å². The lowest BCUT2D eigenvalue weighted by atomic mass is 9.68. The van der Waals surface area contributed by atoms with Crippen LogP contribution in [0.1, 0.15) is 67.2 Å². The van der Waals surface area contributed by atoms with Gasteiger partial charge in [-0.05, 0) is 72.3 Å². The SMILES string of the molecule is Cc1ccc(Cn2nc(C(=O)NC3C4(C)CCC(C4)C3(C)C)cc2-c2ccc(Cl)c(CBr)c2)cc1. The lowest BCUT2D eigenvalue weighted by Crippen LogP contribution is -2.52. The maximum atomic E-state index is 13.6. The van der Waals surface area contributed by atoms with Crippen LogP contribution in [0.3, 0.4) is 0 Å². The van der Waals surface area contributed by atoms with Crippen molar-refractivity contribution < 1.29 is 4.79 Å². The molecule has 2 saturated carbocycles. The van der Waals surface area contributed by atoms with Gasteiger partial charge < -0.3 is 5.32 Å². The largest absolute Gasteiger partial charge is 0.347 e. The number of amides is 1. The predicted octanol–water partition coefficient (Wildman–Crippen LogP) is 7.40. The number of fused-ring (bicyclic) bond motifs is 2. The Balaban J connectivity index is 1.49. The molecular weight excluding hydrogens is 522 g/mol. The molecule has 0 saturated heterocycles. The van der Waals surface area contributed by atoms with E-state index < -0.39 is 0 Å². The normalized spacial score (nSPS) is 24.6. The molecule has 5 rings (SSSR count). The van der Waals surface area contributed by atoms with Gasteiger partial charge in [-0.25, -0.2) is 0 Å². The summed E-state index contributed by atoms with van der Waals surface area (Å²) in [5, 5.41) is 9.61. The first kappa shape index (κ1) is 24.6. The molecule has 1 heterocycles. The Hall–Kier alpha value is -2.11. The number of rotatable bonds is 6. The molecule has 0 spiro atoms. The number of nitrogens with zero attached hydrogens (tertiary/aromatic N) is 2. The summed E-state index contributed by atoms with van der Waals surface area (Å²) in [6.45, 7) is 9.63. The molecule has 2 aliphatic carbocycles. The Kier molecular flexibility index (Phi) is 6.38. The summed E-state index contributed by atoms with van der Waals surface area (Å²) in [5.74, 6) is 0.583. The molecule has 0 radical (unpaired) electrons. The molecule has 2 bridgehead atoms. The van der Waals surface area contributed by atoms with Gasteiger partial charge in [-0.3, -0.25) is 9.48 Å². The number of aromatic nitrogens is 2. The average molecular weight is 555 g/mol. The fourth-order valence-corrected chi connectivity index (χ4v) is 7.26. The number of nitrogens with one attached hydrogen (secondary N) is 1. The standard InChI is InChI=1S/C29H33BrClN3O/c1-18-5-7-19(8-6-18)17-34-25(20-9-10-23(31)21(13-20)16-30)14-24(33-34)26(35)32-27-28(2,3)22-11-12-29(27,4)15-22/h5-10,13-14,22,27H,11-12,15-17H2,1-4H3,(H,32,35). The summed E-state index contributed by atoms with van der Waals surface area (Å²) in [6.07, 6.45) is 3.63. The van der Waals surface area contributed by atoms with Crippen molar-refractivity contribution in [3.63, 3.8) is 0 Å². The van der Waals surface area contributed by atoms with Crippen LogP contribution in [0, 0.1) is 23.7 Å². The maximum Gasteiger partial charge on any atom is 0.272 e. The molecular formula is C29H33BrClN3O. The average Bonchev–Trinajstić information content (AvgIpc) is 3.48. The smallest absolute Gasteiger partial charge is 0.272 e. The van der Waals surface area contributed by atoms with Crippen LogP contribution in [0.25, 0.3) is 11.3 Å². The van der Waals surface area contributed by atoms with Gasteiger partial charge in [0.25, 0.3) is 5.91 Å². The number of halogens is 2. The predicted molar refractivity (Wildman–Crippen MR) is 146 cm³/mol. The number of alkyl halides is 1. The molecule has 3 aromatic rings. The van der Waals surface area contributed by atoms with Gasteiger partial charge in [0.05, 0.1) is 12.2 Å². The fraction of sp³-hybridized carbons (Fsp3) is 0.448. The van der Waals surface area contributed by atoms with Gasteiger partial charge in [0.1, 0.15) is 0 Å². The van der Waals surface area contributed by atoms with Crippen molar-refractivity contribution in [2.45, 2.75) is 64.9 Å². The second kappa shape index (κ2) is 9.08. The minimum atomic E-state index is -0.0876. The highest BCUT2D eigenvalue weighted by molar-refractivity contribution is 9.08. The van der Waals surface area contributed by atoms with Gasteiger partial charge >= 0.3 is 0 Å². The van der Waals surface area contributed by atoms with Crippen molar-refractivity contribution in [1.29, 1.82) is 0 Å². The summed E-state index contributed by atoms with van der Waals surface area (Å²) in [7, 11) is 0. The third-order valence-corrected chi connectivity index (χ3v) is 9.47. The van der Waals surface area contributed by atoms with Gasteiger partial charge in [0, 0.05) is 22.0 Å². The zero-order valence-electron chi connectivity index (χ0n) is 20.9. The topological polar surface area (TPSA) is 46.9 Å². The van der Waals surface area contributed by atoms with Crippen molar-refractivity contribution in [1.82, 2.24) is 15.1 Å². The molecule has 1 N–H and O–H groups in total. The third-order valence-electron chi connectivity index (χ3n) is 8.50. The van der Waals surface area contributed by atoms with Gasteiger partial charge in [-0.1, -0.05) is 84.2 Å². The highest BCUT2D eigenvalue weighted by Gasteiger charge is 2.59. The van der Waals surface area contributed by atoms with Crippen molar-refractivity contribution in [3.05, 3.63) is 75.9 Å². The lowest BCUT2D eigenvalue weighted by molar-refractivity contribution is 0.0732. The van der Waals surface area contributed by atoms with E-state index in [0.29, 0.717) is 23.5 Å². The number of hydrogen-bond donors (Lipinski definition) is 1. The summed E-state index contributed by atoms with van der Waals surface area (Å²) in [6, 6.07) is 16.5. The Morgan fingerprint density at radius 1 is 1.17 bits per heavy atom. The van der Waals surface area contributed by atoms with Gasteiger partial charge in [-0.15, -0.1) is 0 Å². The first-order valence-corrected chi connectivity index (χ1v) is 13.9. The van der Waals surface area contributed by atoms with E-state index in [1.807, 2.05) is 22.9 Å². The third kappa shape index (κ3) is 4.46. The number of carbonyl (C=O) groups is 1. The van der Waals surface area contributed by atoms with E-state index in [1.165, 1.54) is 24.8 Å². The Bertz CT molecular complexity index is 1260. The Labute approximate surface area is 221 Å². The van der Waals surface area contributed by atoms with Crippen LogP contribution in [0.15, 0.2) is 48.5 Å². The monoisotopic (exact) mass is 553 g/mol. The molecule has 35 heavy (non-hydrogen) atoms. The summed E-state index contributed by atoms with van der Waals surface area (Å²) >= 11 is 9.91. The number of carbonyl (C=O) groups excluding carboxylic acids is 1. The van der Waals surface area contributed by atoms with Crippen LogP contribution < -0.4 is 5.32 Å². The van der Waals surface area contributed by atoms with Crippen molar-refractivity contribution in [3.8, 4) is 11.3 Å². The van der Waals surface area contributed by atoms with E-state index in [2.05, 4.69) is 79.3 Å². The van der Waals surface area contributed by atoms with Crippen LogP contribution in [0.4, 0.5) is 0 Å². The zero-order chi connectivity index (χ0) is 25.0. The molecule has 184 valence electrons. The molecule has 2 aliphatic rings. The Morgan fingerprint density at radius 3 is 2.57 bits per heavy atom. The molecule has 4 nitrogen and oxygen atoms in total. The highest BCUT2D eigenvalue weighted by atomic mass is 79.9. The van der Waals surface area contributed by atoms with Gasteiger partial charge in [0.2, 0.25) is 0 Å². The lowest BCUT2D eigenvalue weighted by Gasteiger charge is -2.42. The highest BCUT2D eigenvalue weighted by Crippen LogP contribution is 2.62. The van der Waals surface area contributed by atoms with E-state index in [0.717, 1.165) is 27.4 Å². The summed E-state index contributed by atoms with van der Waals surface area (Å²) < 4.78 is 1.94. The van der Waals surface area contributed by atoms with Crippen molar-refractivity contribution >= 4 is 33.4 Å². The molecule has 2 aromatic carbocycles. The summed E-state index contributed by atoms with van der Waals surface area (Å²) in [4.78, 5) is 13.6. The molecule has 1 amide bonds. The second-order valence-corrected chi connectivity index (χ2v) is 12.3. The zero-order valence-corrected chi connectivity index (χ0v) is 23.2. The fourth-order valence-electron chi connectivity index (χ4n) is 6.45. The van der Waals surface area contributed by atoms with E-state index >= 15 is 0 Å². The van der Waals surface area contributed by atoms with E-state index in [9.17, 15) is 4.79 Å². The molecule has 0 aliphatic heterocycles. The first-order valence-electron chi connectivity index (χ1n) is 12.4. The van der Waals surface area contributed by atoms with E-state index in [4.69, 9.17) is 16.7 Å². The molecule has 2 fully saturated rings. The molecule has 1 aromatic heterocycles. The van der Waals surface area contributed by atoms with Gasteiger partial charge in [-0.2, -0.15) is 5.10 Å². The number of hydrogen-bond acceptors (Lipinski definition) is 2. The molecule has 6 heteroatoms. The van der Waals surface area contributed by atoms with Crippen molar-refractivity contribution in [2.75, 3.05) is 0 Å². The van der Waals surface area contributed by atoms with E-state index in [1.54, 1.807) is 0 Å². The minimum absolute atomic E-state index is 0.0876. The quantitative estimate of drug-likeness (QED) is 0.323. The number of aryl methyl sites for hydroxylation is 1.